The molecule has 0 saturated heterocycles. The van der Waals surface area contributed by atoms with E-state index in [4.69, 9.17) is 5.73 Å². The second-order valence-corrected chi connectivity index (χ2v) is 3.91. The average Bonchev–Trinajstić information content (AvgIpc) is 2.00. The first-order valence-electron chi connectivity index (χ1n) is 4.49. The maximum Gasteiger partial charge on any atom is 0.0666 e. The lowest BCUT2D eigenvalue weighted by Gasteiger charge is -2.29. The SMILES string of the molecule is CC(C)C(O)C(C)C(N)C(C)O. The van der Waals surface area contributed by atoms with E-state index in [0.717, 1.165) is 0 Å². The molecule has 74 valence electrons. The van der Waals surface area contributed by atoms with Gasteiger partial charge in [-0.3, -0.25) is 0 Å². The van der Waals surface area contributed by atoms with Gasteiger partial charge in [0.2, 0.25) is 0 Å². The minimum atomic E-state index is -0.562. The molecule has 0 aromatic rings. The van der Waals surface area contributed by atoms with Crippen LogP contribution in [0.1, 0.15) is 27.7 Å². The Morgan fingerprint density at radius 3 is 1.67 bits per heavy atom. The summed E-state index contributed by atoms with van der Waals surface area (Å²) in [6.45, 7) is 7.39. The van der Waals surface area contributed by atoms with Gasteiger partial charge in [-0.2, -0.15) is 0 Å². The standard InChI is InChI=1S/C9H21NO2/c1-5(2)9(12)6(3)8(10)7(4)11/h5-9,11-12H,10H2,1-4H3. The number of rotatable bonds is 4. The van der Waals surface area contributed by atoms with E-state index in [1.54, 1.807) is 6.92 Å². The van der Waals surface area contributed by atoms with Crippen molar-refractivity contribution in [1.29, 1.82) is 0 Å². The van der Waals surface area contributed by atoms with E-state index >= 15 is 0 Å². The van der Waals surface area contributed by atoms with Gasteiger partial charge in [0.1, 0.15) is 0 Å². The van der Waals surface area contributed by atoms with Gasteiger partial charge in [-0.05, 0) is 18.8 Å². The van der Waals surface area contributed by atoms with Crippen molar-refractivity contribution in [1.82, 2.24) is 0 Å². The second kappa shape index (κ2) is 4.80. The Hall–Kier alpha value is -0.120. The molecular formula is C9H21NO2. The van der Waals surface area contributed by atoms with Crippen LogP contribution in [0.3, 0.4) is 0 Å². The summed E-state index contributed by atoms with van der Waals surface area (Å²) >= 11 is 0. The topological polar surface area (TPSA) is 66.5 Å². The summed E-state index contributed by atoms with van der Waals surface area (Å²) in [6, 6.07) is -0.345. The Morgan fingerprint density at radius 1 is 1.00 bits per heavy atom. The predicted octanol–water partition coefficient (Wildman–Crippen LogP) is 0.348. The molecular weight excluding hydrogens is 154 g/mol. The third kappa shape index (κ3) is 3.09. The number of hydrogen-bond donors (Lipinski definition) is 3. The maximum absolute atomic E-state index is 9.62. The first kappa shape index (κ1) is 11.9. The quantitative estimate of drug-likeness (QED) is 0.577. The minimum absolute atomic E-state index is 0.0648. The molecule has 0 rings (SSSR count). The molecule has 0 saturated carbocycles. The summed E-state index contributed by atoms with van der Waals surface area (Å²) < 4.78 is 0. The highest BCUT2D eigenvalue weighted by Crippen LogP contribution is 2.16. The molecule has 0 aliphatic heterocycles. The third-order valence-electron chi connectivity index (χ3n) is 2.39. The third-order valence-corrected chi connectivity index (χ3v) is 2.39. The Bertz CT molecular complexity index is 112. The molecule has 4 atom stereocenters. The fourth-order valence-corrected chi connectivity index (χ4v) is 1.27. The molecule has 12 heavy (non-hydrogen) atoms. The minimum Gasteiger partial charge on any atom is -0.393 e. The molecule has 3 nitrogen and oxygen atoms in total. The largest absolute Gasteiger partial charge is 0.393 e. The lowest BCUT2D eigenvalue weighted by molar-refractivity contribution is 0.0301. The monoisotopic (exact) mass is 175 g/mol. The van der Waals surface area contributed by atoms with E-state index in [2.05, 4.69) is 0 Å². The summed E-state index contributed by atoms with van der Waals surface area (Å²) in [5.74, 6) is 0.120. The van der Waals surface area contributed by atoms with Crippen molar-refractivity contribution in [3.05, 3.63) is 0 Å². The molecule has 4 unspecified atom stereocenters. The van der Waals surface area contributed by atoms with E-state index in [1.165, 1.54) is 0 Å². The molecule has 0 bridgehead atoms. The van der Waals surface area contributed by atoms with Gasteiger partial charge in [0.25, 0.3) is 0 Å². The summed E-state index contributed by atoms with van der Waals surface area (Å²) in [7, 11) is 0. The van der Waals surface area contributed by atoms with Crippen molar-refractivity contribution in [2.45, 2.75) is 45.9 Å². The van der Waals surface area contributed by atoms with Crippen LogP contribution in [-0.4, -0.2) is 28.5 Å². The lowest BCUT2D eigenvalue weighted by Crippen LogP contribution is -2.45. The zero-order valence-electron chi connectivity index (χ0n) is 8.36. The summed E-state index contributed by atoms with van der Waals surface area (Å²) in [6.07, 6.45) is -0.997. The molecule has 0 heterocycles. The fourth-order valence-electron chi connectivity index (χ4n) is 1.27. The number of aliphatic hydroxyl groups is 2. The molecule has 0 aromatic carbocycles. The number of nitrogens with two attached hydrogens (primary N) is 1. The Balaban J connectivity index is 4.08. The van der Waals surface area contributed by atoms with E-state index < -0.39 is 12.2 Å². The first-order valence-corrected chi connectivity index (χ1v) is 4.49. The molecule has 0 spiro atoms. The van der Waals surface area contributed by atoms with Crippen molar-refractivity contribution >= 4 is 0 Å². The van der Waals surface area contributed by atoms with Crippen LogP contribution in [0.4, 0.5) is 0 Å². The fraction of sp³-hybridized carbons (Fsp3) is 1.00. The Morgan fingerprint density at radius 2 is 1.42 bits per heavy atom. The summed E-state index contributed by atoms with van der Waals surface area (Å²) in [5.41, 5.74) is 5.69. The lowest BCUT2D eigenvalue weighted by atomic mass is 9.87. The van der Waals surface area contributed by atoms with Gasteiger partial charge in [-0.25, -0.2) is 0 Å². The van der Waals surface area contributed by atoms with Crippen LogP contribution in [0.2, 0.25) is 0 Å². The first-order chi connectivity index (χ1) is 5.37. The highest BCUT2D eigenvalue weighted by Gasteiger charge is 2.26. The summed E-state index contributed by atoms with van der Waals surface area (Å²) in [5, 5.41) is 18.8. The highest BCUT2D eigenvalue weighted by atomic mass is 16.3. The highest BCUT2D eigenvalue weighted by molar-refractivity contribution is 4.80. The van der Waals surface area contributed by atoms with Gasteiger partial charge >= 0.3 is 0 Å². The average molecular weight is 175 g/mol. The molecule has 3 heteroatoms. The van der Waals surface area contributed by atoms with Crippen LogP contribution in [0, 0.1) is 11.8 Å². The normalized spacial score (nSPS) is 22.0. The van der Waals surface area contributed by atoms with E-state index in [-0.39, 0.29) is 17.9 Å². The van der Waals surface area contributed by atoms with Gasteiger partial charge < -0.3 is 15.9 Å². The molecule has 0 aliphatic rings. The predicted molar refractivity (Wildman–Crippen MR) is 49.7 cm³/mol. The van der Waals surface area contributed by atoms with Crippen LogP contribution < -0.4 is 5.73 Å². The smallest absolute Gasteiger partial charge is 0.0666 e. The zero-order chi connectivity index (χ0) is 9.89. The number of aliphatic hydroxyl groups excluding tert-OH is 2. The van der Waals surface area contributed by atoms with Crippen molar-refractivity contribution in [2.75, 3.05) is 0 Å². The van der Waals surface area contributed by atoms with E-state index in [1.807, 2.05) is 20.8 Å². The Labute approximate surface area is 74.6 Å². The van der Waals surface area contributed by atoms with Crippen LogP contribution in [0.25, 0.3) is 0 Å². The van der Waals surface area contributed by atoms with Gasteiger partial charge in [0, 0.05) is 6.04 Å². The second-order valence-electron chi connectivity index (χ2n) is 3.91. The molecule has 4 N–H and O–H groups in total. The van der Waals surface area contributed by atoms with Crippen LogP contribution in [0.15, 0.2) is 0 Å². The van der Waals surface area contributed by atoms with Crippen molar-refractivity contribution in [3.8, 4) is 0 Å². The van der Waals surface area contributed by atoms with Crippen LogP contribution in [-0.2, 0) is 0 Å². The molecule has 0 amide bonds. The van der Waals surface area contributed by atoms with Gasteiger partial charge in [0.05, 0.1) is 12.2 Å². The van der Waals surface area contributed by atoms with Crippen LogP contribution >= 0.6 is 0 Å². The molecule has 0 aliphatic carbocycles. The molecule has 0 radical (unpaired) electrons. The zero-order valence-corrected chi connectivity index (χ0v) is 8.36. The van der Waals surface area contributed by atoms with Crippen molar-refractivity contribution in [2.24, 2.45) is 17.6 Å². The molecule has 0 aromatic heterocycles. The maximum atomic E-state index is 9.62. The molecule has 0 fully saturated rings. The summed E-state index contributed by atoms with van der Waals surface area (Å²) in [4.78, 5) is 0. The Kier molecular flexibility index (Phi) is 4.75. The van der Waals surface area contributed by atoms with E-state index in [9.17, 15) is 10.2 Å². The van der Waals surface area contributed by atoms with Crippen molar-refractivity contribution < 1.29 is 10.2 Å². The van der Waals surface area contributed by atoms with Gasteiger partial charge in [-0.1, -0.05) is 20.8 Å². The van der Waals surface area contributed by atoms with Crippen molar-refractivity contribution in [3.63, 3.8) is 0 Å². The van der Waals surface area contributed by atoms with E-state index in [0.29, 0.717) is 0 Å². The number of hydrogen-bond acceptors (Lipinski definition) is 3. The van der Waals surface area contributed by atoms with Gasteiger partial charge in [0.15, 0.2) is 0 Å². The van der Waals surface area contributed by atoms with Gasteiger partial charge in [-0.15, -0.1) is 0 Å². The van der Waals surface area contributed by atoms with Crippen LogP contribution in [0.5, 0.6) is 0 Å².